The highest BCUT2D eigenvalue weighted by Gasteiger charge is 2.12. The first kappa shape index (κ1) is 11.7. The SMILES string of the molecule is Cc1ccc(CC2CCCCNC2)cc1C. The Labute approximate surface area is 99.3 Å². The van der Waals surface area contributed by atoms with E-state index in [4.69, 9.17) is 0 Å². The van der Waals surface area contributed by atoms with E-state index in [-0.39, 0.29) is 0 Å². The van der Waals surface area contributed by atoms with Crippen LogP contribution in [0.1, 0.15) is 36.0 Å². The minimum absolute atomic E-state index is 0.838. The molecular weight excluding hydrogens is 194 g/mol. The zero-order valence-electron chi connectivity index (χ0n) is 10.6. The van der Waals surface area contributed by atoms with Gasteiger partial charge in [0.1, 0.15) is 0 Å². The van der Waals surface area contributed by atoms with Gasteiger partial charge in [-0.15, -0.1) is 0 Å². The third-order valence-electron chi connectivity index (χ3n) is 3.74. The molecule has 1 aromatic rings. The molecule has 2 rings (SSSR count). The summed E-state index contributed by atoms with van der Waals surface area (Å²) < 4.78 is 0. The van der Waals surface area contributed by atoms with Crippen molar-refractivity contribution in [1.82, 2.24) is 5.32 Å². The second kappa shape index (κ2) is 5.49. The van der Waals surface area contributed by atoms with Crippen molar-refractivity contribution in [3.8, 4) is 0 Å². The van der Waals surface area contributed by atoms with Crippen LogP contribution in [0.3, 0.4) is 0 Å². The second-order valence-corrected chi connectivity index (χ2v) is 5.19. The fourth-order valence-corrected chi connectivity index (χ4v) is 2.53. The highest BCUT2D eigenvalue weighted by atomic mass is 14.9. The Morgan fingerprint density at radius 3 is 2.88 bits per heavy atom. The maximum Gasteiger partial charge on any atom is -0.00173 e. The summed E-state index contributed by atoms with van der Waals surface area (Å²) in [5.41, 5.74) is 4.35. The first-order valence-electron chi connectivity index (χ1n) is 6.52. The maximum absolute atomic E-state index is 3.54. The molecule has 88 valence electrons. The van der Waals surface area contributed by atoms with Crippen LogP contribution in [-0.2, 0) is 6.42 Å². The summed E-state index contributed by atoms with van der Waals surface area (Å²) in [5.74, 6) is 0.838. The Hall–Kier alpha value is -0.820. The molecule has 0 spiro atoms. The molecule has 0 aliphatic carbocycles. The molecule has 0 saturated carbocycles. The predicted octanol–water partition coefficient (Wildman–Crippen LogP) is 3.24. The van der Waals surface area contributed by atoms with Crippen LogP contribution in [0.2, 0.25) is 0 Å². The molecular formula is C15H23N. The highest BCUT2D eigenvalue weighted by molar-refractivity contribution is 5.30. The number of hydrogen-bond donors (Lipinski definition) is 1. The van der Waals surface area contributed by atoms with Crippen molar-refractivity contribution in [2.75, 3.05) is 13.1 Å². The summed E-state index contributed by atoms with van der Waals surface area (Å²) in [6, 6.07) is 6.92. The molecule has 1 atom stereocenters. The lowest BCUT2D eigenvalue weighted by Gasteiger charge is -2.15. The molecule has 1 aliphatic rings. The summed E-state index contributed by atoms with van der Waals surface area (Å²) in [6.45, 7) is 6.81. The summed E-state index contributed by atoms with van der Waals surface area (Å²) in [4.78, 5) is 0. The van der Waals surface area contributed by atoms with Crippen LogP contribution in [0.4, 0.5) is 0 Å². The van der Waals surface area contributed by atoms with Crippen molar-refractivity contribution in [2.24, 2.45) is 5.92 Å². The molecule has 16 heavy (non-hydrogen) atoms. The van der Waals surface area contributed by atoms with Gasteiger partial charge in [-0.2, -0.15) is 0 Å². The third kappa shape index (κ3) is 3.08. The van der Waals surface area contributed by atoms with Crippen molar-refractivity contribution < 1.29 is 0 Å². The van der Waals surface area contributed by atoms with Gasteiger partial charge in [0, 0.05) is 0 Å². The van der Waals surface area contributed by atoms with Crippen LogP contribution in [0.5, 0.6) is 0 Å². The lowest BCUT2D eigenvalue weighted by molar-refractivity contribution is 0.477. The largest absolute Gasteiger partial charge is 0.316 e. The van der Waals surface area contributed by atoms with Crippen LogP contribution >= 0.6 is 0 Å². The number of benzene rings is 1. The van der Waals surface area contributed by atoms with E-state index in [1.807, 2.05) is 0 Å². The summed E-state index contributed by atoms with van der Waals surface area (Å²) in [6.07, 6.45) is 5.37. The molecule has 1 unspecified atom stereocenters. The standard InChI is InChI=1S/C15H23N/c1-12-6-7-14(9-13(12)2)10-15-5-3-4-8-16-11-15/h6-7,9,15-16H,3-5,8,10-11H2,1-2H3. The molecule has 0 bridgehead atoms. The molecule has 1 nitrogen and oxygen atoms in total. The Morgan fingerprint density at radius 2 is 2.06 bits per heavy atom. The van der Waals surface area contributed by atoms with Gasteiger partial charge in [0.15, 0.2) is 0 Å². The van der Waals surface area contributed by atoms with Crippen LogP contribution in [0.25, 0.3) is 0 Å². The monoisotopic (exact) mass is 217 g/mol. The predicted molar refractivity (Wildman–Crippen MR) is 69.8 cm³/mol. The quantitative estimate of drug-likeness (QED) is 0.802. The van der Waals surface area contributed by atoms with Crippen molar-refractivity contribution in [3.63, 3.8) is 0 Å². The molecule has 1 heteroatoms. The number of hydrogen-bond acceptors (Lipinski definition) is 1. The van der Waals surface area contributed by atoms with Crippen molar-refractivity contribution in [2.45, 2.75) is 39.5 Å². The maximum atomic E-state index is 3.54. The Bertz CT molecular complexity index is 335. The van der Waals surface area contributed by atoms with Crippen LogP contribution in [0.15, 0.2) is 18.2 Å². The van der Waals surface area contributed by atoms with Gasteiger partial charge in [-0.05, 0) is 68.8 Å². The number of nitrogens with one attached hydrogen (secondary N) is 1. The van der Waals surface area contributed by atoms with E-state index in [9.17, 15) is 0 Å². The first-order chi connectivity index (χ1) is 7.75. The van der Waals surface area contributed by atoms with Crippen molar-refractivity contribution >= 4 is 0 Å². The van der Waals surface area contributed by atoms with E-state index in [2.05, 4.69) is 37.4 Å². The minimum atomic E-state index is 0.838. The van der Waals surface area contributed by atoms with Gasteiger partial charge < -0.3 is 5.32 Å². The normalized spacial score (nSPS) is 21.8. The van der Waals surface area contributed by atoms with E-state index >= 15 is 0 Å². The highest BCUT2D eigenvalue weighted by Crippen LogP contribution is 2.18. The van der Waals surface area contributed by atoms with E-state index in [0.29, 0.717) is 0 Å². The van der Waals surface area contributed by atoms with Crippen LogP contribution < -0.4 is 5.32 Å². The van der Waals surface area contributed by atoms with E-state index in [0.717, 1.165) is 5.92 Å². The Kier molecular flexibility index (Phi) is 4.00. The molecule has 1 heterocycles. The molecule has 1 N–H and O–H groups in total. The fraction of sp³-hybridized carbons (Fsp3) is 0.600. The molecule has 0 aromatic heterocycles. The molecule has 0 amide bonds. The van der Waals surface area contributed by atoms with Crippen LogP contribution in [-0.4, -0.2) is 13.1 Å². The van der Waals surface area contributed by atoms with E-state index in [1.165, 1.54) is 55.5 Å². The van der Waals surface area contributed by atoms with E-state index in [1.54, 1.807) is 0 Å². The van der Waals surface area contributed by atoms with Crippen molar-refractivity contribution in [1.29, 1.82) is 0 Å². The number of rotatable bonds is 2. The number of aryl methyl sites for hydroxylation is 2. The molecule has 1 aromatic carbocycles. The average molecular weight is 217 g/mol. The van der Waals surface area contributed by atoms with Gasteiger partial charge in [0.05, 0.1) is 0 Å². The molecule has 0 radical (unpaired) electrons. The lowest BCUT2D eigenvalue weighted by atomic mass is 9.93. The zero-order chi connectivity index (χ0) is 11.4. The fourth-order valence-electron chi connectivity index (χ4n) is 2.53. The lowest BCUT2D eigenvalue weighted by Crippen LogP contribution is -2.22. The third-order valence-corrected chi connectivity index (χ3v) is 3.74. The van der Waals surface area contributed by atoms with Gasteiger partial charge >= 0.3 is 0 Å². The van der Waals surface area contributed by atoms with Gasteiger partial charge in [-0.25, -0.2) is 0 Å². The van der Waals surface area contributed by atoms with Gasteiger partial charge in [-0.3, -0.25) is 0 Å². The topological polar surface area (TPSA) is 12.0 Å². The van der Waals surface area contributed by atoms with E-state index < -0.39 is 0 Å². The summed E-state index contributed by atoms with van der Waals surface area (Å²) in [7, 11) is 0. The summed E-state index contributed by atoms with van der Waals surface area (Å²) in [5, 5.41) is 3.54. The summed E-state index contributed by atoms with van der Waals surface area (Å²) >= 11 is 0. The Morgan fingerprint density at radius 1 is 1.19 bits per heavy atom. The minimum Gasteiger partial charge on any atom is -0.316 e. The van der Waals surface area contributed by atoms with Gasteiger partial charge in [-0.1, -0.05) is 24.6 Å². The first-order valence-corrected chi connectivity index (χ1v) is 6.52. The van der Waals surface area contributed by atoms with Crippen LogP contribution in [0, 0.1) is 19.8 Å². The van der Waals surface area contributed by atoms with Gasteiger partial charge in [0.2, 0.25) is 0 Å². The van der Waals surface area contributed by atoms with Gasteiger partial charge in [0.25, 0.3) is 0 Å². The second-order valence-electron chi connectivity index (χ2n) is 5.19. The van der Waals surface area contributed by atoms with Crippen molar-refractivity contribution in [3.05, 3.63) is 34.9 Å². The smallest absolute Gasteiger partial charge is 0.00173 e. The molecule has 1 aliphatic heterocycles. The molecule has 1 fully saturated rings. The molecule has 1 saturated heterocycles. The zero-order valence-corrected chi connectivity index (χ0v) is 10.6. The average Bonchev–Trinajstić information content (AvgIpc) is 2.52. The Balaban J connectivity index is 1.99.